The van der Waals surface area contributed by atoms with Crippen molar-refractivity contribution in [1.29, 1.82) is 0 Å². The Morgan fingerprint density at radius 3 is 2.54 bits per heavy atom. The summed E-state index contributed by atoms with van der Waals surface area (Å²) in [6.45, 7) is 2.11. The molecule has 0 radical (unpaired) electrons. The zero-order valence-corrected chi connectivity index (χ0v) is 16.1. The molecule has 1 amide bonds. The van der Waals surface area contributed by atoms with E-state index in [-0.39, 0.29) is 5.91 Å². The van der Waals surface area contributed by atoms with Gasteiger partial charge in [-0.05, 0) is 44.4 Å². The van der Waals surface area contributed by atoms with E-state index in [4.69, 9.17) is 19.4 Å². The first-order valence-corrected chi connectivity index (χ1v) is 10.5. The van der Waals surface area contributed by atoms with Crippen LogP contribution in [-0.4, -0.2) is 61.4 Å². The highest BCUT2D eigenvalue weighted by atomic mass is 16.5. The van der Waals surface area contributed by atoms with Crippen molar-refractivity contribution in [2.45, 2.75) is 82.5 Å². The van der Waals surface area contributed by atoms with Crippen molar-refractivity contribution in [3.8, 4) is 0 Å². The first-order valence-electron chi connectivity index (χ1n) is 10.5. The molecule has 0 aromatic carbocycles. The molecule has 2 bridgehead atoms. The number of fused-ring (bicyclic) bond motifs is 2. The molecule has 4 atom stereocenters. The third-order valence-electron chi connectivity index (χ3n) is 6.30. The van der Waals surface area contributed by atoms with Crippen LogP contribution < -0.4 is 0 Å². The molecule has 0 spiro atoms. The Morgan fingerprint density at radius 1 is 1.08 bits per heavy atom. The van der Waals surface area contributed by atoms with E-state index in [1.807, 2.05) is 0 Å². The maximum atomic E-state index is 11.3. The van der Waals surface area contributed by atoms with Crippen LogP contribution >= 0.6 is 0 Å². The topological polar surface area (TPSA) is 68.2 Å². The van der Waals surface area contributed by atoms with Gasteiger partial charge in [0.25, 0.3) is 0 Å². The van der Waals surface area contributed by atoms with Crippen LogP contribution in [0.15, 0.2) is 0 Å². The molecule has 1 N–H and O–H groups in total. The van der Waals surface area contributed by atoms with E-state index in [0.717, 1.165) is 13.0 Å². The summed E-state index contributed by atoms with van der Waals surface area (Å²) < 4.78 is 18.1. The van der Waals surface area contributed by atoms with Crippen LogP contribution in [-0.2, 0) is 19.0 Å². The largest absolute Gasteiger partial charge is 0.381 e. The fraction of sp³-hybridized carbons (Fsp3) is 0.950. The second-order valence-corrected chi connectivity index (χ2v) is 8.13. The van der Waals surface area contributed by atoms with Gasteiger partial charge in [0.05, 0.1) is 24.9 Å². The Bertz CT molecular complexity index is 438. The van der Waals surface area contributed by atoms with Gasteiger partial charge in [0.2, 0.25) is 5.91 Å². The van der Waals surface area contributed by atoms with Gasteiger partial charge < -0.3 is 14.2 Å². The van der Waals surface area contributed by atoms with Crippen LogP contribution in [0.2, 0.25) is 0 Å². The lowest BCUT2D eigenvalue weighted by molar-refractivity contribution is -0.159. The molecule has 1 saturated carbocycles. The number of hydrogen-bond donors (Lipinski definition) is 1. The number of hydrogen-bond acceptors (Lipinski definition) is 5. The molecule has 6 nitrogen and oxygen atoms in total. The van der Waals surface area contributed by atoms with E-state index in [1.165, 1.54) is 52.0 Å². The first kappa shape index (κ1) is 20.1. The fourth-order valence-corrected chi connectivity index (χ4v) is 4.79. The zero-order valence-electron chi connectivity index (χ0n) is 16.1. The number of amides is 1. The molecule has 3 aliphatic rings. The summed E-state index contributed by atoms with van der Waals surface area (Å²) in [5.74, 6) is 0.793. The number of hydroxylamine groups is 2. The molecular formula is C20H35NO5. The third-order valence-corrected chi connectivity index (χ3v) is 6.30. The Morgan fingerprint density at radius 2 is 1.81 bits per heavy atom. The van der Waals surface area contributed by atoms with Crippen LogP contribution in [0.3, 0.4) is 0 Å². The first-order chi connectivity index (χ1) is 12.6. The predicted molar refractivity (Wildman–Crippen MR) is 96.9 cm³/mol. The van der Waals surface area contributed by atoms with Gasteiger partial charge >= 0.3 is 0 Å². The molecule has 0 aromatic heterocycles. The van der Waals surface area contributed by atoms with Crippen molar-refractivity contribution < 1.29 is 24.2 Å². The van der Waals surface area contributed by atoms with Crippen LogP contribution in [0.5, 0.6) is 0 Å². The second kappa shape index (κ2) is 10.0. The lowest BCUT2D eigenvalue weighted by Gasteiger charge is -2.30. The normalized spacial score (nSPS) is 31.5. The van der Waals surface area contributed by atoms with Crippen LogP contribution in [0.4, 0.5) is 0 Å². The highest BCUT2D eigenvalue weighted by Crippen LogP contribution is 2.45. The Balaban J connectivity index is 1.33. The van der Waals surface area contributed by atoms with E-state index >= 15 is 0 Å². The number of carbonyl (C=O) groups excluding carboxylic acids is 1. The molecule has 4 unspecified atom stereocenters. The number of carbonyl (C=O) groups is 1. The number of rotatable bonds is 10. The molecule has 0 aromatic rings. The minimum Gasteiger partial charge on any atom is -0.381 e. The quantitative estimate of drug-likeness (QED) is 0.364. The summed E-state index contributed by atoms with van der Waals surface area (Å²) in [6.07, 6.45) is 12.0. The third kappa shape index (κ3) is 5.41. The molecule has 1 aliphatic carbocycles. The average molecular weight is 370 g/mol. The lowest BCUT2D eigenvalue weighted by atomic mass is 9.78. The van der Waals surface area contributed by atoms with Crippen molar-refractivity contribution in [1.82, 2.24) is 5.06 Å². The Hall–Kier alpha value is -0.690. The average Bonchev–Trinajstić information content (AvgIpc) is 3.25. The van der Waals surface area contributed by atoms with Crippen molar-refractivity contribution in [3.63, 3.8) is 0 Å². The Labute approximate surface area is 157 Å². The fourth-order valence-electron chi connectivity index (χ4n) is 4.79. The van der Waals surface area contributed by atoms with Crippen molar-refractivity contribution in [2.24, 2.45) is 11.8 Å². The summed E-state index contributed by atoms with van der Waals surface area (Å²) in [4.78, 5) is 11.3. The van der Waals surface area contributed by atoms with E-state index in [0.29, 0.717) is 61.3 Å². The second-order valence-electron chi connectivity index (χ2n) is 8.13. The summed E-state index contributed by atoms with van der Waals surface area (Å²) in [7, 11) is 1.36. The maximum Gasteiger partial charge on any atom is 0.245 e. The zero-order chi connectivity index (χ0) is 18.4. The van der Waals surface area contributed by atoms with Gasteiger partial charge in [-0.2, -0.15) is 0 Å². The van der Waals surface area contributed by atoms with Crippen LogP contribution in [0, 0.1) is 11.8 Å². The van der Waals surface area contributed by atoms with Crippen molar-refractivity contribution >= 4 is 5.91 Å². The van der Waals surface area contributed by atoms with Gasteiger partial charge in [-0.3, -0.25) is 10.0 Å². The van der Waals surface area contributed by atoms with Gasteiger partial charge in [-0.25, -0.2) is 5.06 Å². The molecular weight excluding hydrogens is 334 g/mol. The minimum absolute atomic E-state index is 0.268. The highest BCUT2D eigenvalue weighted by Gasteiger charge is 2.48. The van der Waals surface area contributed by atoms with Gasteiger partial charge in [-0.1, -0.05) is 19.3 Å². The Kier molecular flexibility index (Phi) is 7.73. The van der Waals surface area contributed by atoms with Crippen LogP contribution in [0.25, 0.3) is 0 Å². The molecule has 2 aliphatic heterocycles. The molecule has 26 heavy (non-hydrogen) atoms. The monoisotopic (exact) mass is 369 g/mol. The minimum atomic E-state index is -0.268. The predicted octanol–water partition coefficient (Wildman–Crippen LogP) is 3.16. The van der Waals surface area contributed by atoms with Crippen LogP contribution in [0.1, 0.15) is 64.2 Å². The molecule has 2 saturated heterocycles. The molecule has 6 heteroatoms. The maximum absolute atomic E-state index is 11.3. The summed E-state index contributed by atoms with van der Waals surface area (Å²) >= 11 is 0. The lowest BCUT2D eigenvalue weighted by Crippen LogP contribution is -2.33. The standard InChI is InChI=1S/C20H35NO5/c1-21(23)20(22)8-5-12-24-13-11-16-17(19-10-9-18(16)26-19)14-25-15-6-3-2-4-7-15/h15-19,23H,2-14H2,1H3. The highest BCUT2D eigenvalue weighted by molar-refractivity contribution is 5.74. The molecule has 2 heterocycles. The SMILES string of the molecule is CN(O)C(=O)CCCOCCC1C2CCC(O2)C1COC1CCCCC1. The van der Waals surface area contributed by atoms with Gasteiger partial charge in [0.1, 0.15) is 0 Å². The molecule has 3 fully saturated rings. The van der Waals surface area contributed by atoms with E-state index in [1.54, 1.807) is 0 Å². The summed E-state index contributed by atoms with van der Waals surface area (Å²) in [5.41, 5.74) is 0. The van der Waals surface area contributed by atoms with Crippen molar-refractivity contribution in [3.05, 3.63) is 0 Å². The van der Waals surface area contributed by atoms with E-state index in [9.17, 15) is 4.79 Å². The molecule has 150 valence electrons. The summed E-state index contributed by atoms with van der Waals surface area (Å²) in [5, 5.41) is 9.66. The smallest absolute Gasteiger partial charge is 0.245 e. The number of ether oxygens (including phenoxy) is 3. The molecule has 3 rings (SSSR count). The van der Waals surface area contributed by atoms with Gasteiger partial charge in [-0.15, -0.1) is 0 Å². The number of nitrogens with zero attached hydrogens (tertiary/aromatic N) is 1. The van der Waals surface area contributed by atoms with E-state index < -0.39 is 0 Å². The van der Waals surface area contributed by atoms with Gasteiger partial charge in [0, 0.05) is 32.6 Å². The summed E-state index contributed by atoms with van der Waals surface area (Å²) in [6, 6.07) is 0. The van der Waals surface area contributed by atoms with Crippen molar-refractivity contribution in [2.75, 3.05) is 26.9 Å². The van der Waals surface area contributed by atoms with E-state index in [2.05, 4.69) is 0 Å². The van der Waals surface area contributed by atoms with Gasteiger partial charge in [0.15, 0.2) is 0 Å².